The van der Waals surface area contributed by atoms with Crippen LogP contribution in [0, 0.1) is 0 Å². The highest BCUT2D eigenvalue weighted by Gasteiger charge is 2.11. The first-order valence-electron chi connectivity index (χ1n) is 11.5. The smallest absolute Gasteiger partial charge is 0.257 e. The van der Waals surface area contributed by atoms with Crippen LogP contribution in [0.4, 0.5) is 5.69 Å². The third-order valence-electron chi connectivity index (χ3n) is 5.06. The van der Waals surface area contributed by atoms with Gasteiger partial charge in [-0.1, -0.05) is 66.7 Å². The Hall–Kier alpha value is -4.36. The van der Waals surface area contributed by atoms with E-state index in [9.17, 15) is 4.79 Å². The van der Waals surface area contributed by atoms with E-state index in [1.807, 2.05) is 84.9 Å². The highest BCUT2D eigenvalue weighted by atomic mass is 32.1. The Morgan fingerprint density at radius 2 is 1.33 bits per heavy atom. The summed E-state index contributed by atoms with van der Waals surface area (Å²) in [6, 6.07) is 33.7. The number of hydrogen-bond donors (Lipinski definition) is 2. The van der Waals surface area contributed by atoms with Crippen molar-refractivity contribution in [1.82, 2.24) is 5.32 Å². The van der Waals surface area contributed by atoms with Gasteiger partial charge in [-0.05, 0) is 60.2 Å². The molecule has 7 heteroatoms. The number of hydrogen-bond acceptors (Lipinski definition) is 5. The van der Waals surface area contributed by atoms with Crippen LogP contribution in [0.3, 0.4) is 0 Å². The van der Waals surface area contributed by atoms with Crippen LogP contribution >= 0.6 is 12.2 Å². The first-order valence-corrected chi connectivity index (χ1v) is 11.9. The van der Waals surface area contributed by atoms with Gasteiger partial charge in [0.05, 0.1) is 5.69 Å². The van der Waals surface area contributed by atoms with Crippen molar-refractivity contribution in [2.75, 3.05) is 18.5 Å². The Labute approximate surface area is 215 Å². The third-order valence-corrected chi connectivity index (χ3v) is 5.26. The fourth-order valence-electron chi connectivity index (χ4n) is 3.32. The van der Waals surface area contributed by atoms with Crippen LogP contribution < -0.4 is 24.8 Å². The van der Waals surface area contributed by atoms with Crippen molar-refractivity contribution in [3.8, 4) is 17.2 Å². The van der Waals surface area contributed by atoms with Crippen LogP contribution in [0.1, 0.15) is 15.9 Å². The van der Waals surface area contributed by atoms with E-state index in [1.54, 1.807) is 24.3 Å². The fourth-order valence-corrected chi connectivity index (χ4v) is 3.53. The lowest BCUT2D eigenvalue weighted by Gasteiger charge is -2.15. The van der Waals surface area contributed by atoms with Crippen molar-refractivity contribution in [3.63, 3.8) is 0 Å². The minimum Gasteiger partial charge on any atom is -0.490 e. The highest BCUT2D eigenvalue weighted by Crippen LogP contribution is 2.25. The van der Waals surface area contributed by atoms with Crippen LogP contribution in [-0.2, 0) is 6.61 Å². The number of nitrogens with one attached hydrogen (secondary N) is 2. The van der Waals surface area contributed by atoms with E-state index in [4.69, 9.17) is 26.4 Å². The molecule has 0 bridgehead atoms. The van der Waals surface area contributed by atoms with Gasteiger partial charge in [-0.25, -0.2) is 0 Å². The molecule has 36 heavy (non-hydrogen) atoms. The number of para-hydroxylation sites is 3. The van der Waals surface area contributed by atoms with Gasteiger partial charge in [0, 0.05) is 5.56 Å². The normalized spacial score (nSPS) is 10.2. The fraction of sp³-hybridized carbons (Fsp3) is 0.103. The van der Waals surface area contributed by atoms with Crippen LogP contribution in [0.2, 0.25) is 0 Å². The molecule has 0 aliphatic carbocycles. The molecule has 1 amide bonds. The Bertz CT molecular complexity index is 1280. The lowest BCUT2D eigenvalue weighted by molar-refractivity contribution is 0.0977. The lowest BCUT2D eigenvalue weighted by Crippen LogP contribution is -2.34. The number of thiocarbonyl (C=S) groups is 1. The van der Waals surface area contributed by atoms with Crippen molar-refractivity contribution in [3.05, 3.63) is 120 Å². The molecule has 6 nitrogen and oxygen atoms in total. The van der Waals surface area contributed by atoms with Gasteiger partial charge in [0.2, 0.25) is 0 Å². The molecular weight excluding hydrogens is 472 g/mol. The summed E-state index contributed by atoms with van der Waals surface area (Å²) in [6.45, 7) is 1.15. The van der Waals surface area contributed by atoms with E-state index < -0.39 is 0 Å². The Morgan fingerprint density at radius 1 is 0.694 bits per heavy atom. The van der Waals surface area contributed by atoms with Gasteiger partial charge in [0.25, 0.3) is 5.91 Å². The number of ether oxygens (including phenoxy) is 3. The molecular formula is C29H26N2O4S. The lowest BCUT2D eigenvalue weighted by atomic mass is 10.2. The number of amides is 1. The zero-order valence-electron chi connectivity index (χ0n) is 19.6. The summed E-state index contributed by atoms with van der Waals surface area (Å²) < 4.78 is 17.3. The average Bonchev–Trinajstić information content (AvgIpc) is 2.92. The Morgan fingerprint density at radius 3 is 2.11 bits per heavy atom. The number of carbonyl (C=O) groups excluding carboxylic acids is 1. The maximum Gasteiger partial charge on any atom is 0.257 e. The van der Waals surface area contributed by atoms with Gasteiger partial charge in [-0.2, -0.15) is 0 Å². The molecule has 0 saturated heterocycles. The maximum absolute atomic E-state index is 12.8. The van der Waals surface area contributed by atoms with Gasteiger partial charge in [-0.3, -0.25) is 10.1 Å². The van der Waals surface area contributed by atoms with E-state index in [2.05, 4.69) is 10.6 Å². The van der Waals surface area contributed by atoms with E-state index >= 15 is 0 Å². The molecule has 4 rings (SSSR count). The summed E-state index contributed by atoms with van der Waals surface area (Å²) >= 11 is 5.37. The first-order chi connectivity index (χ1) is 17.7. The molecule has 0 heterocycles. The molecule has 0 atom stereocenters. The van der Waals surface area contributed by atoms with Crippen molar-refractivity contribution in [2.24, 2.45) is 0 Å². The van der Waals surface area contributed by atoms with E-state index in [1.165, 1.54) is 0 Å². The van der Waals surface area contributed by atoms with Crippen LogP contribution in [0.25, 0.3) is 0 Å². The molecule has 182 valence electrons. The summed E-state index contributed by atoms with van der Waals surface area (Å²) in [4.78, 5) is 12.8. The van der Waals surface area contributed by atoms with Crippen molar-refractivity contribution >= 4 is 28.9 Å². The second kappa shape index (κ2) is 12.9. The van der Waals surface area contributed by atoms with Crippen molar-refractivity contribution in [2.45, 2.75) is 6.61 Å². The molecule has 4 aromatic carbocycles. The zero-order chi connectivity index (χ0) is 25.0. The summed E-state index contributed by atoms with van der Waals surface area (Å²) in [5, 5.41) is 5.92. The van der Waals surface area contributed by atoms with Crippen LogP contribution in [-0.4, -0.2) is 24.2 Å². The molecule has 0 fully saturated rings. The molecule has 0 spiro atoms. The standard InChI is InChI=1S/C29H26N2O4S/c32-28(23-12-9-15-25(20-23)34-19-18-33-24-13-5-2-6-14-24)31-29(36)30-26-16-7-8-17-27(26)35-21-22-10-3-1-4-11-22/h1-17,20H,18-19,21H2,(H2,30,31,32,36). The van der Waals surface area contributed by atoms with Crippen molar-refractivity contribution < 1.29 is 19.0 Å². The maximum atomic E-state index is 12.8. The third kappa shape index (κ3) is 7.58. The van der Waals surface area contributed by atoms with Crippen molar-refractivity contribution in [1.29, 1.82) is 0 Å². The Balaban J connectivity index is 1.28. The van der Waals surface area contributed by atoms with Gasteiger partial charge in [-0.15, -0.1) is 0 Å². The highest BCUT2D eigenvalue weighted by molar-refractivity contribution is 7.80. The van der Waals surface area contributed by atoms with Gasteiger partial charge < -0.3 is 19.5 Å². The van der Waals surface area contributed by atoms with Crippen LogP contribution in [0.15, 0.2) is 109 Å². The topological polar surface area (TPSA) is 68.8 Å². The summed E-state index contributed by atoms with van der Waals surface area (Å²) in [5.41, 5.74) is 2.14. The molecule has 0 radical (unpaired) electrons. The monoisotopic (exact) mass is 498 g/mol. The number of rotatable bonds is 10. The molecule has 0 unspecified atom stereocenters. The predicted octanol–water partition coefficient (Wildman–Crippen LogP) is 5.85. The molecule has 4 aromatic rings. The summed E-state index contributed by atoms with van der Waals surface area (Å²) in [5.74, 6) is 1.63. The summed E-state index contributed by atoms with van der Waals surface area (Å²) in [7, 11) is 0. The quantitative estimate of drug-likeness (QED) is 0.211. The molecule has 0 saturated carbocycles. The van der Waals surface area contributed by atoms with Crippen LogP contribution in [0.5, 0.6) is 17.2 Å². The predicted molar refractivity (Wildman–Crippen MR) is 145 cm³/mol. The van der Waals surface area contributed by atoms with Gasteiger partial charge >= 0.3 is 0 Å². The SMILES string of the molecule is O=C(NC(=S)Nc1ccccc1OCc1ccccc1)c1cccc(OCCOc2ccccc2)c1. The Kier molecular flexibility index (Phi) is 8.89. The number of benzene rings is 4. The van der Waals surface area contributed by atoms with E-state index in [0.717, 1.165) is 11.3 Å². The van der Waals surface area contributed by atoms with Gasteiger partial charge in [0.15, 0.2) is 5.11 Å². The molecule has 0 aliphatic heterocycles. The molecule has 0 aromatic heterocycles. The second-order valence-electron chi connectivity index (χ2n) is 7.72. The number of anilines is 1. The van der Waals surface area contributed by atoms with E-state index in [-0.39, 0.29) is 11.0 Å². The molecule has 0 aliphatic rings. The largest absolute Gasteiger partial charge is 0.490 e. The zero-order valence-corrected chi connectivity index (χ0v) is 20.4. The number of carbonyl (C=O) groups is 1. The minimum atomic E-state index is -0.346. The van der Waals surface area contributed by atoms with E-state index in [0.29, 0.717) is 42.6 Å². The minimum absolute atomic E-state index is 0.165. The first kappa shape index (κ1) is 24.8. The average molecular weight is 499 g/mol. The molecule has 2 N–H and O–H groups in total. The summed E-state index contributed by atoms with van der Waals surface area (Å²) in [6.07, 6.45) is 0. The second-order valence-corrected chi connectivity index (χ2v) is 8.12. The van der Waals surface area contributed by atoms with Gasteiger partial charge in [0.1, 0.15) is 37.1 Å².